The van der Waals surface area contributed by atoms with Gasteiger partial charge >= 0.3 is 0 Å². The van der Waals surface area contributed by atoms with Crippen molar-refractivity contribution in [3.05, 3.63) is 58.2 Å². The Hall–Kier alpha value is -1.82. The summed E-state index contributed by atoms with van der Waals surface area (Å²) in [6.45, 7) is 1.75. The van der Waals surface area contributed by atoms with Crippen LogP contribution >= 0.6 is 35.0 Å². The highest BCUT2D eigenvalue weighted by Crippen LogP contribution is 2.26. The van der Waals surface area contributed by atoms with Crippen LogP contribution in [0.1, 0.15) is 5.69 Å². The molecule has 0 radical (unpaired) electrons. The predicted molar refractivity (Wildman–Crippen MR) is 100 cm³/mol. The van der Waals surface area contributed by atoms with Crippen molar-refractivity contribution in [2.75, 3.05) is 11.1 Å². The van der Waals surface area contributed by atoms with Crippen molar-refractivity contribution in [1.82, 2.24) is 9.97 Å². The monoisotopic (exact) mass is 377 g/mol. The van der Waals surface area contributed by atoms with Crippen LogP contribution in [-0.2, 0) is 4.79 Å². The lowest BCUT2D eigenvalue weighted by atomic mass is 10.2. The van der Waals surface area contributed by atoms with Crippen LogP contribution in [0.15, 0.2) is 47.5 Å². The molecule has 0 atom stereocenters. The molecule has 24 heavy (non-hydrogen) atoms. The third kappa shape index (κ3) is 3.98. The summed E-state index contributed by atoms with van der Waals surface area (Å²) >= 11 is 13.3. The van der Waals surface area contributed by atoms with Crippen LogP contribution in [-0.4, -0.2) is 21.6 Å². The number of aryl methyl sites for hydroxylation is 1. The first-order valence-corrected chi connectivity index (χ1v) is 8.88. The number of para-hydroxylation sites is 1. The second kappa shape index (κ2) is 7.38. The van der Waals surface area contributed by atoms with Crippen molar-refractivity contribution in [3.63, 3.8) is 0 Å². The number of fused-ring (bicyclic) bond motifs is 1. The van der Waals surface area contributed by atoms with Gasteiger partial charge < -0.3 is 5.32 Å². The van der Waals surface area contributed by atoms with E-state index in [1.54, 1.807) is 13.0 Å². The molecule has 1 aromatic carbocycles. The number of benzene rings is 1. The number of nitrogens with zero attached hydrogens (tertiary/aromatic N) is 2. The van der Waals surface area contributed by atoms with Crippen molar-refractivity contribution in [1.29, 1.82) is 0 Å². The normalized spacial score (nSPS) is 10.8. The summed E-state index contributed by atoms with van der Waals surface area (Å²) in [6, 6.07) is 13.3. The van der Waals surface area contributed by atoms with Gasteiger partial charge in [-0.15, -0.1) is 0 Å². The largest absolute Gasteiger partial charge is 0.309 e. The van der Waals surface area contributed by atoms with E-state index in [9.17, 15) is 4.79 Å². The van der Waals surface area contributed by atoms with Gasteiger partial charge in [0.1, 0.15) is 0 Å². The maximum Gasteiger partial charge on any atom is 0.235 e. The third-order valence-electron chi connectivity index (χ3n) is 3.29. The molecular formula is C17H13Cl2N3OS. The number of rotatable bonds is 4. The van der Waals surface area contributed by atoms with Crippen LogP contribution in [0.4, 0.5) is 5.82 Å². The highest BCUT2D eigenvalue weighted by atomic mass is 35.5. The Morgan fingerprint density at radius 1 is 1.12 bits per heavy atom. The minimum atomic E-state index is -0.203. The van der Waals surface area contributed by atoms with Crippen LogP contribution in [0.25, 0.3) is 10.9 Å². The first-order chi connectivity index (χ1) is 11.5. The fourth-order valence-electron chi connectivity index (χ4n) is 2.08. The summed E-state index contributed by atoms with van der Waals surface area (Å²) in [5, 5.41) is 5.33. The lowest BCUT2D eigenvalue weighted by molar-refractivity contribution is -0.113. The van der Waals surface area contributed by atoms with E-state index >= 15 is 0 Å². The fourth-order valence-corrected chi connectivity index (χ4v) is 3.17. The van der Waals surface area contributed by atoms with Crippen LogP contribution < -0.4 is 5.32 Å². The molecule has 0 fully saturated rings. The molecule has 0 spiro atoms. The molecule has 0 saturated carbocycles. The Bertz CT molecular complexity index is 917. The van der Waals surface area contributed by atoms with Crippen LogP contribution in [0.2, 0.25) is 10.0 Å². The summed E-state index contributed by atoms with van der Waals surface area (Å²) in [5.74, 6) is 0.326. The Balaban J connectivity index is 1.65. The van der Waals surface area contributed by atoms with Gasteiger partial charge in [-0.2, -0.15) is 0 Å². The molecule has 4 nitrogen and oxygen atoms in total. The number of anilines is 1. The average molecular weight is 378 g/mol. The molecule has 2 heterocycles. The molecule has 0 aliphatic heterocycles. The smallest absolute Gasteiger partial charge is 0.235 e. The van der Waals surface area contributed by atoms with Crippen LogP contribution in [0.3, 0.4) is 0 Å². The SMILES string of the molecule is Cc1nc(NC(=O)CSc2ccc3ccccc3n2)c(Cl)cc1Cl. The number of hydrogen-bond acceptors (Lipinski definition) is 4. The molecule has 0 saturated heterocycles. The van der Waals surface area contributed by atoms with Crippen LogP contribution in [0, 0.1) is 6.92 Å². The Kier molecular flexibility index (Phi) is 5.23. The van der Waals surface area contributed by atoms with E-state index in [-0.39, 0.29) is 11.7 Å². The van der Waals surface area contributed by atoms with Crippen molar-refractivity contribution in [2.45, 2.75) is 11.9 Å². The number of pyridine rings is 2. The molecule has 0 aliphatic rings. The molecule has 0 aliphatic carbocycles. The molecule has 7 heteroatoms. The van der Waals surface area contributed by atoms with Gasteiger partial charge in [0.2, 0.25) is 5.91 Å². The van der Waals surface area contributed by atoms with Gasteiger partial charge in [0.25, 0.3) is 0 Å². The molecule has 1 N–H and O–H groups in total. The van der Waals surface area contributed by atoms with E-state index in [1.165, 1.54) is 11.8 Å². The van der Waals surface area contributed by atoms with Gasteiger partial charge in [-0.05, 0) is 25.1 Å². The summed E-state index contributed by atoms with van der Waals surface area (Å²) in [6.07, 6.45) is 0. The van der Waals surface area contributed by atoms with E-state index in [1.807, 2.05) is 36.4 Å². The quantitative estimate of drug-likeness (QED) is 0.651. The minimum absolute atomic E-state index is 0.203. The number of amides is 1. The lowest BCUT2D eigenvalue weighted by Crippen LogP contribution is -2.15. The van der Waals surface area contributed by atoms with E-state index in [4.69, 9.17) is 23.2 Å². The molecule has 0 unspecified atom stereocenters. The first-order valence-electron chi connectivity index (χ1n) is 7.14. The summed E-state index contributed by atoms with van der Waals surface area (Å²) in [7, 11) is 0. The third-order valence-corrected chi connectivity index (χ3v) is 4.89. The molecule has 1 amide bonds. The van der Waals surface area contributed by atoms with Crippen molar-refractivity contribution in [3.8, 4) is 0 Å². The zero-order chi connectivity index (χ0) is 17.1. The highest BCUT2D eigenvalue weighted by Gasteiger charge is 2.11. The number of carbonyl (C=O) groups is 1. The van der Waals surface area contributed by atoms with E-state index < -0.39 is 0 Å². The molecule has 122 valence electrons. The standard InChI is InChI=1S/C17H13Cl2N3OS/c1-10-12(18)8-13(19)17(20-10)22-15(23)9-24-16-7-6-11-4-2-3-5-14(11)21-16/h2-8H,9H2,1H3,(H,20,22,23). The minimum Gasteiger partial charge on any atom is -0.309 e. The lowest BCUT2D eigenvalue weighted by Gasteiger charge is -2.08. The molecule has 3 rings (SSSR count). The van der Waals surface area contributed by atoms with Gasteiger partial charge in [-0.3, -0.25) is 4.79 Å². The Labute approximate surface area is 153 Å². The predicted octanol–water partition coefficient (Wildman–Crippen LogP) is 4.98. The van der Waals surface area contributed by atoms with E-state index in [2.05, 4.69) is 15.3 Å². The fraction of sp³-hybridized carbons (Fsp3) is 0.118. The maximum atomic E-state index is 12.1. The zero-order valence-electron chi connectivity index (χ0n) is 12.7. The first kappa shape index (κ1) is 17.0. The average Bonchev–Trinajstić information content (AvgIpc) is 2.57. The topological polar surface area (TPSA) is 54.9 Å². The second-order valence-electron chi connectivity index (χ2n) is 5.07. The van der Waals surface area contributed by atoms with Crippen molar-refractivity contribution >= 4 is 57.6 Å². The van der Waals surface area contributed by atoms with E-state index in [0.29, 0.717) is 21.6 Å². The van der Waals surface area contributed by atoms with Gasteiger partial charge in [-0.1, -0.05) is 59.2 Å². The summed E-state index contributed by atoms with van der Waals surface area (Å²) in [4.78, 5) is 20.8. The van der Waals surface area contributed by atoms with Gasteiger partial charge in [0, 0.05) is 5.39 Å². The Morgan fingerprint density at radius 2 is 1.92 bits per heavy atom. The van der Waals surface area contributed by atoms with E-state index in [0.717, 1.165) is 15.9 Å². The summed E-state index contributed by atoms with van der Waals surface area (Å²) < 4.78 is 0. The number of halogens is 2. The maximum absolute atomic E-state index is 12.1. The Morgan fingerprint density at radius 3 is 2.75 bits per heavy atom. The number of aromatic nitrogens is 2. The van der Waals surface area contributed by atoms with Gasteiger partial charge in [-0.25, -0.2) is 9.97 Å². The molecular weight excluding hydrogens is 365 g/mol. The van der Waals surface area contributed by atoms with Crippen molar-refractivity contribution < 1.29 is 4.79 Å². The second-order valence-corrected chi connectivity index (χ2v) is 6.88. The number of carbonyl (C=O) groups excluding carboxylic acids is 1. The molecule has 2 aromatic heterocycles. The summed E-state index contributed by atoms with van der Waals surface area (Å²) in [5.41, 5.74) is 1.51. The number of nitrogens with one attached hydrogen (secondary N) is 1. The highest BCUT2D eigenvalue weighted by molar-refractivity contribution is 7.99. The molecule has 3 aromatic rings. The molecule has 0 bridgehead atoms. The number of thioether (sulfide) groups is 1. The van der Waals surface area contributed by atoms with Crippen LogP contribution in [0.5, 0.6) is 0 Å². The van der Waals surface area contributed by atoms with Gasteiger partial charge in [0.05, 0.1) is 32.0 Å². The van der Waals surface area contributed by atoms with Gasteiger partial charge in [0.15, 0.2) is 5.82 Å². The number of hydrogen-bond donors (Lipinski definition) is 1. The van der Waals surface area contributed by atoms with Crippen molar-refractivity contribution in [2.24, 2.45) is 0 Å². The zero-order valence-corrected chi connectivity index (χ0v) is 15.0.